The molecule has 0 spiro atoms. The molecule has 2 fully saturated rings. The Bertz CT molecular complexity index is 286. The van der Waals surface area contributed by atoms with E-state index in [-0.39, 0.29) is 9.89 Å². The van der Waals surface area contributed by atoms with Gasteiger partial charge in [0.25, 0.3) is 0 Å². The van der Waals surface area contributed by atoms with Crippen molar-refractivity contribution >= 4 is 28.6 Å². The van der Waals surface area contributed by atoms with E-state index in [4.69, 9.17) is 4.74 Å². The van der Waals surface area contributed by atoms with Crippen LogP contribution in [0.1, 0.15) is 64.2 Å². The topological polar surface area (TPSA) is 42.9 Å². The van der Waals surface area contributed by atoms with Gasteiger partial charge >= 0.3 is 5.97 Å². The van der Waals surface area contributed by atoms with Crippen LogP contribution in [0.4, 0.5) is 0 Å². The summed E-state index contributed by atoms with van der Waals surface area (Å²) in [5.74, 6) is 0.578. The van der Waals surface area contributed by atoms with Crippen molar-refractivity contribution in [3.63, 3.8) is 0 Å². The molecule has 0 radical (unpaired) electrons. The molecule has 0 aromatic carbocycles. The Morgan fingerprint density at radius 3 is 2.30 bits per heavy atom. The number of rotatable bonds is 6. The Hall–Kier alpha value is 0.160. The largest absolute Gasteiger partial charge is 0.459 e. The van der Waals surface area contributed by atoms with Crippen LogP contribution in [0, 0.1) is 5.92 Å². The van der Waals surface area contributed by atoms with Crippen LogP contribution in [0.15, 0.2) is 0 Å². The molecule has 0 saturated heterocycles. The first-order chi connectivity index (χ1) is 9.77. The molecule has 2 rings (SSSR count). The van der Waals surface area contributed by atoms with E-state index >= 15 is 0 Å². The molecule has 2 saturated carbocycles. The number of ether oxygens (including phenoxy) is 1. The second-order valence-corrected chi connectivity index (χ2v) is 7.73. The van der Waals surface area contributed by atoms with E-state index < -0.39 is 0 Å². The zero-order valence-corrected chi connectivity index (χ0v) is 14.6. The summed E-state index contributed by atoms with van der Waals surface area (Å²) >= 11 is 2.30. The fourth-order valence-corrected chi connectivity index (χ4v) is 4.43. The van der Waals surface area contributed by atoms with Crippen LogP contribution < -0.4 is 5.32 Å². The maximum Gasteiger partial charge on any atom is 0.319 e. The van der Waals surface area contributed by atoms with E-state index in [1.807, 2.05) is 0 Å². The molecular weight excluding hydrogens is 365 g/mol. The third-order valence-corrected chi connectivity index (χ3v) is 6.33. The Balaban J connectivity index is 1.56. The number of hydrogen-bond acceptors (Lipinski definition) is 2. The van der Waals surface area contributed by atoms with E-state index in [1.165, 1.54) is 64.2 Å². The monoisotopic (exact) mass is 394 g/mol. The lowest BCUT2D eigenvalue weighted by molar-refractivity contribution is -0.692. The normalized spacial score (nSPS) is 23.4. The molecule has 116 valence electrons. The SMILES string of the molecule is O=C(OCC[NH2+]C1CCCCC1)C(I)C1CCCCC1. The Labute approximate surface area is 136 Å². The van der Waals surface area contributed by atoms with Gasteiger partial charge in [-0.1, -0.05) is 48.3 Å². The van der Waals surface area contributed by atoms with Crippen LogP contribution in [0.3, 0.4) is 0 Å². The van der Waals surface area contributed by atoms with Gasteiger partial charge in [0.05, 0.1) is 6.04 Å². The highest BCUT2D eigenvalue weighted by molar-refractivity contribution is 14.1. The summed E-state index contributed by atoms with van der Waals surface area (Å²) < 4.78 is 5.54. The molecular formula is C16H29INO2+. The van der Waals surface area contributed by atoms with Crippen molar-refractivity contribution in [3.05, 3.63) is 0 Å². The predicted octanol–water partition coefficient (Wildman–Crippen LogP) is 2.81. The highest BCUT2D eigenvalue weighted by Gasteiger charge is 2.28. The maximum atomic E-state index is 12.0. The van der Waals surface area contributed by atoms with Gasteiger partial charge in [0.1, 0.15) is 17.1 Å². The quantitative estimate of drug-likeness (QED) is 0.326. The van der Waals surface area contributed by atoms with Gasteiger partial charge in [-0.3, -0.25) is 4.79 Å². The van der Waals surface area contributed by atoms with E-state index in [0.717, 1.165) is 12.6 Å². The average molecular weight is 394 g/mol. The summed E-state index contributed by atoms with van der Waals surface area (Å²) in [5.41, 5.74) is 0. The van der Waals surface area contributed by atoms with Gasteiger partial charge in [-0.05, 0) is 44.4 Å². The molecule has 0 bridgehead atoms. The van der Waals surface area contributed by atoms with Gasteiger partial charge < -0.3 is 10.1 Å². The number of halogens is 1. The molecule has 0 amide bonds. The lowest BCUT2D eigenvalue weighted by Crippen LogP contribution is -2.91. The number of esters is 1. The van der Waals surface area contributed by atoms with E-state index in [9.17, 15) is 4.79 Å². The molecule has 0 aromatic heterocycles. The molecule has 0 heterocycles. The standard InChI is InChI=1S/C16H28INO2/c17-15(13-7-3-1-4-8-13)16(19)20-12-11-18-14-9-5-2-6-10-14/h13-15,18H,1-12H2/p+1. The van der Waals surface area contributed by atoms with Gasteiger partial charge in [-0.25, -0.2) is 0 Å². The van der Waals surface area contributed by atoms with Crippen LogP contribution in [0.5, 0.6) is 0 Å². The minimum absolute atomic E-state index is 0.0227. The van der Waals surface area contributed by atoms with Crippen LogP contribution in [-0.2, 0) is 9.53 Å². The average Bonchev–Trinajstić information content (AvgIpc) is 2.52. The maximum absolute atomic E-state index is 12.0. The van der Waals surface area contributed by atoms with Gasteiger partial charge in [-0.2, -0.15) is 0 Å². The summed E-state index contributed by atoms with van der Waals surface area (Å²) in [7, 11) is 0. The molecule has 2 aliphatic rings. The van der Waals surface area contributed by atoms with Crippen molar-refractivity contribution in [3.8, 4) is 0 Å². The summed E-state index contributed by atoms with van der Waals surface area (Å²) in [6.45, 7) is 1.52. The first-order valence-electron chi connectivity index (χ1n) is 8.41. The fraction of sp³-hybridized carbons (Fsp3) is 0.938. The Morgan fingerprint density at radius 2 is 1.65 bits per heavy atom. The number of hydrogen-bond donors (Lipinski definition) is 1. The van der Waals surface area contributed by atoms with Crippen LogP contribution in [0.2, 0.25) is 0 Å². The van der Waals surface area contributed by atoms with Gasteiger partial charge in [0.15, 0.2) is 0 Å². The van der Waals surface area contributed by atoms with Crippen molar-refractivity contribution in [2.75, 3.05) is 13.2 Å². The number of nitrogens with two attached hydrogens (primary N) is 1. The lowest BCUT2D eigenvalue weighted by Gasteiger charge is -2.25. The molecule has 3 nitrogen and oxygen atoms in total. The van der Waals surface area contributed by atoms with Crippen LogP contribution in [0.25, 0.3) is 0 Å². The third-order valence-electron chi connectivity index (χ3n) is 4.80. The number of quaternary nitrogens is 1. The highest BCUT2D eigenvalue weighted by atomic mass is 127. The Kier molecular flexibility index (Phi) is 7.63. The summed E-state index contributed by atoms with van der Waals surface area (Å²) in [6, 6.07) is 0.774. The number of carbonyl (C=O) groups excluding carboxylic acids is 1. The third kappa shape index (κ3) is 5.51. The van der Waals surface area contributed by atoms with Gasteiger partial charge in [-0.15, -0.1) is 0 Å². The zero-order chi connectivity index (χ0) is 14.2. The highest BCUT2D eigenvalue weighted by Crippen LogP contribution is 2.30. The second-order valence-electron chi connectivity index (χ2n) is 6.39. The fourth-order valence-electron chi connectivity index (χ4n) is 3.53. The number of alkyl halides is 1. The van der Waals surface area contributed by atoms with Crippen molar-refractivity contribution in [2.45, 2.75) is 74.2 Å². The minimum Gasteiger partial charge on any atom is -0.459 e. The summed E-state index contributed by atoms with van der Waals surface area (Å²) in [5, 5.41) is 2.38. The molecule has 20 heavy (non-hydrogen) atoms. The smallest absolute Gasteiger partial charge is 0.319 e. The number of carbonyl (C=O) groups is 1. The van der Waals surface area contributed by atoms with Crippen molar-refractivity contribution in [1.82, 2.24) is 0 Å². The first kappa shape index (κ1) is 16.5. The molecule has 2 N–H and O–H groups in total. The van der Waals surface area contributed by atoms with Gasteiger partial charge in [0.2, 0.25) is 0 Å². The van der Waals surface area contributed by atoms with E-state index in [0.29, 0.717) is 12.5 Å². The first-order valence-corrected chi connectivity index (χ1v) is 9.66. The van der Waals surface area contributed by atoms with Crippen molar-refractivity contribution in [1.29, 1.82) is 0 Å². The molecule has 0 aromatic rings. The van der Waals surface area contributed by atoms with E-state index in [1.54, 1.807) is 0 Å². The molecule has 1 atom stereocenters. The van der Waals surface area contributed by atoms with Crippen molar-refractivity contribution < 1.29 is 14.8 Å². The molecule has 4 heteroatoms. The Morgan fingerprint density at radius 1 is 1.05 bits per heavy atom. The van der Waals surface area contributed by atoms with Crippen LogP contribution in [-0.4, -0.2) is 29.1 Å². The summed E-state index contributed by atoms with van der Waals surface area (Å²) in [6.07, 6.45) is 13.1. The molecule has 2 aliphatic carbocycles. The summed E-state index contributed by atoms with van der Waals surface area (Å²) in [4.78, 5) is 12.0. The lowest BCUT2D eigenvalue weighted by atomic mass is 9.87. The predicted molar refractivity (Wildman–Crippen MR) is 89.0 cm³/mol. The minimum atomic E-state index is 0.0227. The molecule has 0 aliphatic heterocycles. The second kappa shape index (κ2) is 9.23. The van der Waals surface area contributed by atoms with Crippen molar-refractivity contribution in [2.24, 2.45) is 5.92 Å². The molecule has 1 unspecified atom stereocenters. The van der Waals surface area contributed by atoms with Gasteiger partial charge in [0, 0.05) is 0 Å². The zero-order valence-electron chi connectivity index (χ0n) is 12.5. The van der Waals surface area contributed by atoms with E-state index in [2.05, 4.69) is 27.9 Å². The van der Waals surface area contributed by atoms with Crippen LogP contribution >= 0.6 is 22.6 Å².